The Kier molecular flexibility index (Phi) is 4.61. The van der Waals surface area contributed by atoms with E-state index in [1.807, 2.05) is 61.0 Å². The maximum atomic E-state index is 13.2. The summed E-state index contributed by atoms with van der Waals surface area (Å²) in [6.45, 7) is 5.79. The van der Waals surface area contributed by atoms with Gasteiger partial charge < -0.3 is 0 Å². The van der Waals surface area contributed by atoms with Gasteiger partial charge in [0.1, 0.15) is 7.05 Å². The van der Waals surface area contributed by atoms with Crippen LogP contribution in [0, 0.1) is 0 Å². The van der Waals surface area contributed by atoms with E-state index in [4.69, 9.17) is 0 Å². The number of allylic oxidation sites excluding steroid dienone is 2. The molecule has 2 aromatic rings. The fourth-order valence-electron chi connectivity index (χ4n) is 3.62. The van der Waals surface area contributed by atoms with Crippen molar-refractivity contribution in [2.45, 2.75) is 24.9 Å². The molecule has 0 amide bonds. The minimum Gasteiger partial charge on any atom is -0.198 e. The summed E-state index contributed by atoms with van der Waals surface area (Å²) in [5, 5.41) is 0. The molecule has 26 heavy (non-hydrogen) atoms. The molecular weight excluding hydrogens is 335 g/mol. The van der Waals surface area contributed by atoms with Crippen LogP contribution >= 0.6 is 0 Å². The van der Waals surface area contributed by atoms with Crippen LogP contribution < -0.4 is 0 Å². The lowest BCUT2D eigenvalue weighted by Gasteiger charge is -2.21. The molecule has 1 nitrogen and oxygen atoms in total. The summed E-state index contributed by atoms with van der Waals surface area (Å²) < 4.78 is 41.6. The molecule has 1 atom stereocenters. The van der Waals surface area contributed by atoms with Crippen LogP contribution in [-0.2, 0) is 11.6 Å². The summed E-state index contributed by atoms with van der Waals surface area (Å²) in [5.41, 5.74) is 2.31. The fraction of sp³-hybridized carbons (Fsp3) is 0.227. The van der Waals surface area contributed by atoms with Crippen LogP contribution in [0.3, 0.4) is 0 Å². The zero-order valence-corrected chi connectivity index (χ0v) is 14.8. The first kappa shape index (κ1) is 18.2. The molecule has 0 radical (unpaired) electrons. The van der Waals surface area contributed by atoms with Crippen molar-refractivity contribution < 1.29 is 17.7 Å². The second-order valence-electron chi connectivity index (χ2n) is 6.74. The summed E-state index contributed by atoms with van der Waals surface area (Å²) in [6.07, 6.45) is 1.95. The van der Waals surface area contributed by atoms with Crippen LogP contribution in [0.1, 0.15) is 30.0 Å². The monoisotopic (exact) mass is 356 g/mol. The highest BCUT2D eigenvalue weighted by molar-refractivity contribution is 6.05. The number of benzene rings is 2. The van der Waals surface area contributed by atoms with Crippen LogP contribution in [-0.4, -0.2) is 17.3 Å². The Bertz CT molecular complexity index is 891. The third kappa shape index (κ3) is 3.12. The van der Waals surface area contributed by atoms with Gasteiger partial charge in [-0.05, 0) is 37.1 Å². The van der Waals surface area contributed by atoms with E-state index in [9.17, 15) is 13.2 Å². The molecule has 0 saturated carbocycles. The Labute approximate surface area is 151 Å². The van der Waals surface area contributed by atoms with E-state index in [1.54, 1.807) is 12.1 Å². The predicted molar refractivity (Wildman–Crippen MR) is 99.9 cm³/mol. The van der Waals surface area contributed by atoms with Gasteiger partial charge in [0.05, 0.1) is 11.0 Å². The first-order valence-electron chi connectivity index (χ1n) is 8.44. The van der Waals surface area contributed by atoms with Crippen LogP contribution in [0.4, 0.5) is 18.9 Å². The van der Waals surface area contributed by atoms with Gasteiger partial charge in [0.2, 0.25) is 5.69 Å². The van der Waals surface area contributed by atoms with Crippen molar-refractivity contribution in [2.24, 2.45) is 0 Å². The summed E-state index contributed by atoms with van der Waals surface area (Å²) in [6, 6.07) is 13.8. The van der Waals surface area contributed by atoms with Crippen LogP contribution in [0.2, 0.25) is 0 Å². The predicted octanol–water partition coefficient (Wildman–Crippen LogP) is 5.98. The molecule has 1 aliphatic heterocycles. The minimum absolute atomic E-state index is 0.556. The van der Waals surface area contributed by atoms with Gasteiger partial charge in [-0.25, -0.2) is 0 Å². The Hall–Kier alpha value is -2.62. The van der Waals surface area contributed by atoms with Gasteiger partial charge in [-0.1, -0.05) is 36.4 Å². The molecule has 0 fully saturated rings. The maximum absolute atomic E-state index is 13.2. The molecule has 0 saturated heterocycles. The quantitative estimate of drug-likeness (QED) is 0.468. The summed E-state index contributed by atoms with van der Waals surface area (Å²) in [4.78, 5) is 0. The van der Waals surface area contributed by atoms with Crippen molar-refractivity contribution in [1.29, 1.82) is 0 Å². The fourth-order valence-corrected chi connectivity index (χ4v) is 3.62. The Morgan fingerprint density at radius 2 is 1.77 bits per heavy atom. The van der Waals surface area contributed by atoms with E-state index < -0.39 is 17.2 Å². The Balaban J connectivity index is 2.11. The second-order valence-corrected chi connectivity index (χ2v) is 6.74. The molecule has 1 heterocycles. The zero-order chi connectivity index (χ0) is 18.9. The number of halogens is 3. The molecule has 0 aromatic heterocycles. The Morgan fingerprint density at radius 3 is 2.38 bits per heavy atom. The molecule has 1 aliphatic rings. The molecule has 0 N–H and O–H groups in total. The van der Waals surface area contributed by atoms with E-state index in [0.717, 1.165) is 23.0 Å². The zero-order valence-electron chi connectivity index (χ0n) is 14.8. The van der Waals surface area contributed by atoms with Crippen molar-refractivity contribution in [3.63, 3.8) is 0 Å². The number of hydrogen-bond acceptors (Lipinski definition) is 0. The van der Waals surface area contributed by atoms with Gasteiger partial charge in [0.15, 0.2) is 5.71 Å². The van der Waals surface area contributed by atoms with Gasteiger partial charge >= 0.3 is 6.18 Å². The normalized spacial score (nSPS) is 19.9. The highest BCUT2D eigenvalue weighted by atomic mass is 19.4. The molecule has 3 rings (SSSR count). The largest absolute Gasteiger partial charge is 0.416 e. The average molecular weight is 356 g/mol. The molecule has 1 unspecified atom stereocenters. The van der Waals surface area contributed by atoms with E-state index in [0.29, 0.717) is 12.0 Å². The Morgan fingerprint density at radius 1 is 1.08 bits per heavy atom. The van der Waals surface area contributed by atoms with E-state index >= 15 is 0 Å². The average Bonchev–Trinajstić information content (AvgIpc) is 2.81. The van der Waals surface area contributed by atoms with Gasteiger partial charge in [0, 0.05) is 17.7 Å². The lowest BCUT2D eigenvalue weighted by molar-refractivity contribution is -0.401. The van der Waals surface area contributed by atoms with E-state index in [2.05, 4.69) is 6.58 Å². The van der Waals surface area contributed by atoms with E-state index in [1.165, 1.54) is 6.07 Å². The topological polar surface area (TPSA) is 3.01 Å². The van der Waals surface area contributed by atoms with Gasteiger partial charge in [-0.3, -0.25) is 0 Å². The van der Waals surface area contributed by atoms with E-state index in [-0.39, 0.29) is 0 Å². The molecule has 2 aromatic carbocycles. The van der Waals surface area contributed by atoms with Gasteiger partial charge in [-0.2, -0.15) is 17.7 Å². The van der Waals surface area contributed by atoms with Crippen molar-refractivity contribution >= 4 is 17.5 Å². The number of rotatable bonds is 4. The maximum Gasteiger partial charge on any atom is 0.416 e. The second kappa shape index (κ2) is 6.60. The van der Waals surface area contributed by atoms with Gasteiger partial charge in [-0.15, -0.1) is 6.58 Å². The number of hydrogen-bond donors (Lipinski definition) is 0. The highest BCUT2D eigenvalue weighted by Gasteiger charge is 2.47. The van der Waals surface area contributed by atoms with Crippen molar-refractivity contribution in [2.75, 3.05) is 7.05 Å². The molecule has 0 bridgehead atoms. The standard InChI is InChI=1S/C22H21F3N/c1-4-14-21(2)18-15-17(22(23,24)25)11-12-19(18)26(3)20(21)13-10-16-8-6-5-7-9-16/h4-13,15H,1,14H2,2-3H3/q+1/b13-10+. The SMILES string of the molecule is C=CCC1(C)C(/C=C/c2ccccc2)=[N+](C)c2ccc(C(F)(F)F)cc21. The summed E-state index contributed by atoms with van der Waals surface area (Å²) >= 11 is 0. The molecule has 134 valence electrons. The first-order valence-corrected chi connectivity index (χ1v) is 8.44. The summed E-state index contributed by atoms with van der Waals surface area (Å²) in [7, 11) is 1.89. The van der Waals surface area contributed by atoms with Crippen molar-refractivity contribution in [3.8, 4) is 0 Å². The minimum atomic E-state index is -4.36. The van der Waals surface area contributed by atoms with Crippen LogP contribution in [0.25, 0.3) is 6.08 Å². The lowest BCUT2D eigenvalue weighted by atomic mass is 9.76. The number of nitrogens with zero attached hydrogens (tertiary/aromatic N) is 1. The first-order chi connectivity index (χ1) is 12.3. The third-order valence-corrected chi connectivity index (χ3v) is 4.99. The lowest BCUT2D eigenvalue weighted by Crippen LogP contribution is -2.30. The smallest absolute Gasteiger partial charge is 0.198 e. The summed E-state index contributed by atoms with van der Waals surface area (Å²) in [5.74, 6) is 0. The van der Waals surface area contributed by atoms with Crippen molar-refractivity contribution in [1.82, 2.24) is 0 Å². The van der Waals surface area contributed by atoms with Gasteiger partial charge in [0.25, 0.3) is 0 Å². The number of fused-ring (bicyclic) bond motifs is 1. The van der Waals surface area contributed by atoms with Crippen molar-refractivity contribution in [3.05, 3.63) is 84.0 Å². The number of alkyl halides is 3. The van der Waals surface area contributed by atoms with Crippen LogP contribution in [0.5, 0.6) is 0 Å². The molecular formula is C22H21F3N+. The third-order valence-electron chi connectivity index (χ3n) is 4.99. The molecule has 4 heteroatoms. The molecule has 0 aliphatic carbocycles. The highest BCUT2D eigenvalue weighted by Crippen LogP contribution is 2.44. The molecule has 0 spiro atoms. The van der Waals surface area contributed by atoms with Crippen LogP contribution in [0.15, 0.2) is 67.3 Å².